The average Bonchev–Trinajstić information content (AvgIpc) is 2.79. The summed E-state index contributed by atoms with van der Waals surface area (Å²) in [7, 11) is 0. The van der Waals surface area contributed by atoms with Crippen LogP contribution < -0.4 is 0 Å². The van der Waals surface area contributed by atoms with Crippen molar-refractivity contribution >= 4 is 21.8 Å². The molecule has 1 aliphatic carbocycles. The van der Waals surface area contributed by atoms with Crippen molar-refractivity contribution < 1.29 is 9.90 Å². The van der Waals surface area contributed by atoms with Crippen molar-refractivity contribution in [2.24, 2.45) is 5.92 Å². The van der Waals surface area contributed by atoms with E-state index in [1.165, 1.54) is 0 Å². The number of rotatable bonds is 2. The number of β-amino-alcohol motifs (C(OH)–C–C–N with tert-alkyl or cyclic N) is 1. The number of nitrogens with zero attached hydrogens (tertiary/aromatic N) is 1. The third-order valence-electron chi connectivity index (χ3n) is 2.92. The van der Waals surface area contributed by atoms with Gasteiger partial charge < -0.3 is 10.0 Å². The van der Waals surface area contributed by atoms with Crippen LogP contribution in [0.5, 0.6) is 0 Å². The van der Waals surface area contributed by atoms with Gasteiger partial charge in [-0.2, -0.15) is 0 Å². The van der Waals surface area contributed by atoms with E-state index in [9.17, 15) is 9.90 Å². The molecule has 2 rings (SSSR count). The van der Waals surface area contributed by atoms with Crippen molar-refractivity contribution in [3.8, 4) is 0 Å². The highest BCUT2D eigenvalue weighted by Crippen LogP contribution is 2.44. The first-order valence-electron chi connectivity index (χ1n) is 4.68. The molecule has 1 N–H and O–H groups in total. The molecule has 4 heteroatoms. The summed E-state index contributed by atoms with van der Waals surface area (Å²) in [5.74, 6) is 0.549. The number of carbonyl (C=O) groups is 1. The Hall–Kier alpha value is -0.0900. The number of amides is 1. The topological polar surface area (TPSA) is 40.5 Å². The van der Waals surface area contributed by atoms with E-state index in [1.54, 1.807) is 4.90 Å². The summed E-state index contributed by atoms with van der Waals surface area (Å²) in [6, 6.07) is 0. The van der Waals surface area contributed by atoms with Crippen molar-refractivity contribution in [1.29, 1.82) is 0 Å². The molecule has 1 heterocycles. The highest BCUT2D eigenvalue weighted by atomic mass is 79.9. The first-order valence-corrected chi connectivity index (χ1v) is 5.60. The Kier molecular flexibility index (Phi) is 2.15. The summed E-state index contributed by atoms with van der Waals surface area (Å²) in [5, 5.41) is 9.94. The highest BCUT2D eigenvalue weighted by Gasteiger charge is 2.53. The first-order chi connectivity index (χ1) is 6.03. The molecule has 1 atom stereocenters. The van der Waals surface area contributed by atoms with Gasteiger partial charge in [-0.15, -0.1) is 0 Å². The van der Waals surface area contributed by atoms with Gasteiger partial charge in [0.15, 0.2) is 0 Å². The normalized spacial score (nSPS) is 28.1. The van der Waals surface area contributed by atoms with Crippen LogP contribution in [0.4, 0.5) is 0 Å². The fourth-order valence-electron chi connectivity index (χ4n) is 1.90. The Morgan fingerprint density at radius 3 is 2.54 bits per heavy atom. The summed E-state index contributed by atoms with van der Waals surface area (Å²) in [6.45, 7) is 2.88. The van der Waals surface area contributed by atoms with Gasteiger partial charge in [0.05, 0.1) is 17.9 Å². The first kappa shape index (κ1) is 9.46. The molecule has 1 unspecified atom stereocenters. The molecule has 13 heavy (non-hydrogen) atoms. The lowest BCUT2D eigenvalue weighted by Gasteiger charge is -2.47. The van der Waals surface area contributed by atoms with Gasteiger partial charge in [0.2, 0.25) is 5.91 Å². The van der Waals surface area contributed by atoms with E-state index in [0.29, 0.717) is 19.0 Å². The van der Waals surface area contributed by atoms with Crippen molar-refractivity contribution in [1.82, 2.24) is 4.90 Å². The van der Waals surface area contributed by atoms with Crippen LogP contribution in [0.25, 0.3) is 0 Å². The maximum Gasteiger partial charge on any atom is 0.236 e. The number of alkyl halides is 1. The molecule has 2 aliphatic rings. The van der Waals surface area contributed by atoms with E-state index >= 15 is 0 Å². The second-order valence-corrected chi connectivity index (χ2v) is 5.56. The molecule has 0 spiro atoms. The fraction of sp³-hybridized carbons (Fsp3) is 0.889. The average molecular weight is 248 g/mol. The highest BCUT2D eigenvalue weighted by molar-refractivity contribution is 9.10. The third-order valence-corrected chi connectivity index (χ3v) is 3.31. The molecule has 0 aromatic heterocycles. The number of halogens is 1. The molecular formula is C9H14BrNO2. The quantitative estimate of drug-likeness (QED) is 0.733. The molecule has 0 aromatic carbocycles. The van der Waals surface area contributed by atoms with Gasteiger partial charge in [-0.1, -0.05) is 15.9 Å². The number of likely N-dealkylation sites (tertiary alicyclic amines) is 1. The maximum atomic E-state index is 11.4. The second-order valence-electron chi connectivity index (χ2n) is 4.19. The van der Waals surface area contributed by atoms with Crippen LogP contribution in [0.3, 0.4) is 0 Å². The van der Waals surface area contributed by atoms with Crippen molar-refractivity contribution in [2.75, 3.05) is 13.1 Å². The summed E-state index contributed by atoms with van der Waals surface area (Å²) in [6.07, 6.45) is 2.25. The predicted molar refractivity (Wildman–Crippen MR) is 52.6 cm³/mol. The van der Waals surface area contributed by atoms with Gasteiger partial charge >= 0.3 is 0 Å². The SMILES string of the molecule is CC(Br)C(=O)N1CC(O)(C2CC2)C1. The Bertz CT molecular complexity index is 232. The van der Waals surface area contributed by atoms with E-state index in [-0.39, 0.29) is 10.7 Å². The molecule has 1 saturated carbocycles. The summed E-state index contributed by atoms with van der Waals surface area (Å²) in [5.41, 5.74) is -0.544. The largest absolute Gasteiger partial charge is 0.386 e. The zero-order valence-electron chi connectivity index (χ0n) is 7.66. The Morgan fingerprint density at radius 1 is 1.62 bits per heavy atom. The Morgan fingerprint density at radius 2 is 2.15 bits per heavy atom. The van der Waals surface area contributed by atoms with Gasteiger partial charge in [-0.25, -0.2) is 0 Å². The van der Waals surface area contributed by atoms with E-state index in [4.69, 9.17) is 0 Å². The minimum Gasteiger partial charge on any atom is -0.386 e. The standard InChI is InChI=1S/C9H14BrNO2/c1-6(10)8(12)11-4-9(13,5-11)7-2-3-7/h6-7,13H,2-5H2,1H3. The van der Waals surface area contributed by atoms with E-state index in [1.807, 2.05) is 6.92 Å². The maximum absolute atomic E-state index is 11.4. The van der Waals surface area contributed by atoms with Crippen LogP contribution in [0.15, 0.2) is 0 Å². The molecule has 0 bridgehead atoms. The van der Waals surface area contributed by atoms with Gasteiger partial charge in [0, 0.05) is 0 Å². The van der Waals surface area contributed by atoms with Crippen LogP contribution in [-0.4, -0.2) is 39.4 Å². The minimum atomic E-state index is -0.544. The monoisotopic (exact) mass is 247 g/mol. The molecule has 0 aromatic rings. The Labute approximate surface area is 86.2 Å². The van der Waals surface area contributed by atoms with Crippen molar-refractivity contribution in [3.63, 3.8) is 0 Å². The lowest BCUT2D eigenvalue weighted by Crippen LogP contribution is -2.65. The summed E-state index contributed by atoms with van der Waals surface area (Å²) >= 11 is 3.23. The van der Waals surface area contributed by atoms with Crippen molar-refractivity contribution in [3.05, 3.63) is 0 Å². The van der Waals surface area contributed by atoms with Crippen LogP contribution in [0.1, 0.15) is 19.8 Å². The molecule has 0 radical (unpaired) electrons. The zero-order chi connectivity index (χ0) is 9.64. The number of aliphatic hydroxyl groups is 1. The number of hydrogen-bond donors (Lipinski definition) is 1. The Balaban J connectivity index is 1.86. The van der Waals surface area contributed by atoms with E-state index < -0.39 is 5.60 Å². The molecule has 2 fully saturated rings. The van der Waals surface area contributed by atoms with Crippen LogP contribution in [0.2, 0.25) is 0 Å². The predicted octanol–water partition coefficient (Wildman–Crippen LogP) is 0.753. The molecule has 3 nitrogen and oxygen atoms in total. The van der Waals surface area contributed by atoms with Gasteiger partial charge in [0.25, 0.3) is 0 Å². The molecular weight excluding hydrogens is 234 g/mol. The molecule has 74 valence electrons. The fourth-order valence-corrected chi connectivity index (χ4v) is 2.19. The lowest BCUT2D eigenvalue weighted by molar-refractivity contribution is -0.158. The molecule has 1 amide bonds. The smallest absolute Gasteiger partial charge is 0.236 e. The molecule has 1 saturated heterocycles. The van der Waals surface area contributed by atoms with Gasteiger partial charge in [-0.3, -0.25) is 4.79 Å². The second kappa shape index (κ2) is 2.95. The van der Waals surface area contributed by atoms with E-state index in [0.717, 1.165) is 12.8 Å². The third kappa shape index (κ3) is 1.62. The van der Waals surface area contributed by atoms with Crippen LogP contribution >= 0.6 is 15.9 Å². The number of hydrogen-bond acceptors (Lipinski definition) is 2. The minimum absolute atomic E-state index is 0.0883. The molecule has 1 aliphatic heterocycles. The van der Waals surface area contributed by atoms with Gasteiger partial charge in [0.1, 0.15) is 5.60 Å². The van der Waals surface area contributed by atoms with E-state index in [2.05, 4.69) is 15.9 Å². The van der Waals surface area contributed by atoms with Gasteiger partial charge in [-0.05, 0) is 25.7 Å². The number of carbonyl (C=O) groups excluding carboxylic acids is 1. The van der Waals surface area contributed by atoms with Crippen LogP contribution in [0, 0.1) is 5.92 Å². The lowest BCUT2D eigenvalue weighted by atomic mass is 9.88. The van der Waals surface area contributed by atoms with Crippen LogP contribution in [-0.2, 0) is 4.79 Å². The summed E-state index contributed by atoms with van der Waals surface area (Å²) in [4.78, 5) is 13.0. The van der Waals surface area contributed by atoms with Crippen molar-refractivity contribution in [2.45, 2.75) is 30.2 Å². The zero-order valence-corrected chi connectivity index (χ0v) is 9.25. The summed E-state index contributed by atoms with van der Waals surface area (Å²) < 4.78 is 0.